The minimum atomic E-state index is -0.381. The van der Waals surface area contributed by atoms with E-state index in [9.17, 15) is 14.0 Å². The third-order valence-corrected chi connectivity index (χ3v) is 5.26. The summed E-state index contributed by atoms with van der Waals surface area (Å²) < 4.78 is 16.3. The number of nitrogens with one attached hydrogen (secondary N) is 1. The minimum absolute atomic E-state index is 0.0468. The van der Waals surface area contributed by atoms with E-state index in [2.05, 4.69) is 26.3 Å². The third kappa shape index (κ3) is 5.07. The van der Waals surface area contributed by atoms with Crippen LogP contribution >= 0.6 is 15.9 Å². The van der Waals surface area contributed by atoms with Gasteiger partial charge in [0.1, 0.15) is 5.82 Å². The molecule has 0 unspecified atom stereocenters. The maximum atomic E-state index is 13.8. The molecular formula is C20H22BrFN4O2. The van der Waals surface area contributed by atoms with Gasteiger partial charge in [0, 0.05) is 47.9 Å². The number of piperidine rings is 1. The van der Waals surface area contributed by atoms with Gasteiger partial charge in [0.25, 0.3) is 0 Å². The van der Waals surface area contributed by atoms with Crippen molar-refractivity contribution in [3.8, 4) is 0 Å². The predicted molar refractivity (Wildman–Crippen MR) is 109 cm³/mol. The average molecular weight is 449 g/mol. The molecule has 1 N–H and O–H groups in total. The van der Waals surface area contributed by atoms with Crippen LogP contribution in [0.25, 0.3) is 6.08 Å². The van der Waals surface area contributed by atoms with Gasteiger partial charge in [-0.05, 0) is 44.0 Å². The van der Waals surface area contributed by atoms with Gasteiger partial charge in [-0.15, -0.1) is 0 Å². The molecule has 8 heteroatoms. The van der Waals surface area contributed by atoms with Crippen LogP contribution in [0.3, 0.4) is 0 Å². The second-order valence-corrected chi connectivity index (χ2v) is 7.59. The molecule has 0 bridgehead atoms. The van der Waals surface area contributed by atoms with Crippen molar-refractivity contribution in [1.29, 1.82) is 0 Å². The summed E-state index contributed by atoms with van der Waals surface area (Å²) in [5, 5.41) is 7.02. The van der Waals surface area contributed by atoms with E-state index >= 15 is 0 Å². The highest BCUT2D eigenvalue weighted by Crippen LogP contribution is 2.21. The first-order valence-electron chi connectivity index (χ1n) is 9.21. The molecule has 0 atom stereocenters. The number of carbonyl (C=O) groups excluding carboxylic acids is 2. The number of rotatable bonds is 5. The lowest BCUT2D eigenvalue weighted by Gasteiger charge is -2.30. The fourth-order valence-corrected chi connectivity index (χ4v) is 3.50. The van der Waals surface area contributed by atoms with Gasteiger partial charge in [-0.2, -0.15) is 5.10 Å². The van der Waals surface area contributed by atoms with E-state index in [0.717, 1.165) is 11.0 Å². The van der Waals surface area contributed by atoms with E-state index in [1.807, 2.05) is 6.92 Å². The molecule has 0 saturated carbocycles. The number of aromatic nitrogens is 2. The highest BCUT2D eigenvalue weighted by atomic mass is 79.9. The molecule has 2 heterocycles. The quantitative estimate of drug-likeness (QED) is 0.709. The molecule has 0 aliphatic carbocycles. The van der Waals surface area contributed by atoms with Gasteiger partial charge in [-0.25, -0.2) is 4.39 Å². The summed E-state index contributed by atoms with van der Waals surface area (Å²) in [6.45, 7) is 3.71. The Morgan fingerprint density at radius 1 is 1.36 bits per heavy atom. The van der Waals surface area contributed by atoms with Crippen LogP contribution in [-0.4, -0.2) is 39.6 Å². The molecule has 0 spiro atoms. The standard InChI is InChI=1S/C20H22BrFN4O2/c1-2-26-13-17(12-23-26)24-20(28)14-7-9-25(10-8-14)19(27)6-3-15-11-16(21)4-5-18(15)22/h3-6,11-14H,2,7-10H2,1H3,(H,24,28)/b6-3+. The maximum Gasteiger partial charge on any atom is 0.246 e. The minimum Gasteiger partial charge on any atom is -0.339 e. The zero-order valence-electron chi connectivity index (χ0n) is 15.6. The summed E-state index contributed by atoms with van der Waals surface area (Å²) in [6, 6.07) is 4.58. The Hall–Kier alpha value is -2.48. The predicted octanol–water partition coefficient (Wildman–Crippen LogP) is 3.70. The number of hydrogen-bond acceptors (Lipinski definition) is 3. The molecule has 6 nitrogen and oxygen atoms in total. The Morgan fingerprint density at radius 2 is 2.11 bits per heavy atom. The Morgan fingerprint density at radius 3 is 2.79 bits per heavy atom. The molecule has 1 aromatic heterocycles. The molecule has 3 rings (SSSR count). The number of likely N-dealkylation sites (tertiary alicyclic amines) is 1. The largest absolute Gasteiger partial charge is 0.339 e. The fraction of sp³-hybridized carbons (Fsp3) is 0.350. The lowest BCUT2D eigenvalue weighted by molar-refractivity contribution is -0.130. The number of hydrogen-bond donors (Lipinski definition) is 1. The van der Waals surface area contributed by atoms with Gasteiger partial charge >= 0.3 is 0 Å². The van der Waals surface area contributed by atoms with Crippen molar-refractivity contribution in [2.45, 2.75) is 26.3 Å². The Bertz CT molecular complexity index is 888. The van der Waals surface area contributed by atoms with Crippen LogP contribution in [-0.2, 0) is 16.1 Å². The molecule has 28 heavy (non-hydrogen) atoms. The monoisotopic (exact) mass is 448 g/mol. The van der Waals surface area contributed by atoms with Crippen LogP contribution in [0.1, 0.15) is 25.3 Å². The second-order valence-electron chi connectivity index (χ2n) is 6.67. The number of nitrogens with zero attached hydrogens (tertiary/aromatic N) is 3. The summed E-state index contributed by atoms with van der Waals surface area (Å²) in [5.41, 5.74) is 1.04. The lowest BCUT2D eigenvalue weighted by Crippen LogP contribution is -2.40. The third-order valence-electron chi connectivity index (χ3n) is 4.77. The first-order chi connectivity index (χ1) is 13.5. The molecular weight excluding hydrogens is 427 g/mol. The topological polar surface area (TPSA) is 67.2 Å². The van der Waals surface area contributed by atoms with Crippen LogP contribution in [0.4, 0.5) is 10.1 Å². The summed E-state index contributed by atoms with van der Waals surface area (Å²) in [5.74, 6) is -0.744. The number of amides is 2. The summed E-state index contributed by atoms with van der Waals surface area (Å²) in [4.78, 5) is 26.5. The number of halogens is 2. The van der Waals surface area contributed by atoms with E-state index < -0.39 is 0 Å². The van der Waals surface area contributed by atoms with Crippen molar-refractivity contribution in [3.63, 3.8) is 0 Å². The normalized spacial score (nSPS) is 15.2. The smallest absolute Gasteiger partial charge is 0.246 e. The second kappa shape index (κ2) is 9.14. The van der Waals surface area contributed by atoms with Gasteiger partial charge in [0.2, 0.25) is 11.8 Å². The van der Waals surface area contributed by atoms with E-state index in [0.29, 0.717) is 37.2 Å². The Kier molecular flexibility index (Phi) is 6.61. The van der Waals surface area contributed by atoms with Crippen molar-refractivity contribution < 1.29 is 14.0 Å². The molecule has 1 saturated heterocycles. The van der Waals surface area contributed by atoms with Crippen molar-refractivity contribution >= 4 is 39.5 Å². The van der Waals surface area contributed by atoms with Gasteiger partial charge < -0.3 is 10.2 Å². The SMILES string of the molecule is CCn1cc(NC(=O)C2CCN(C(=O)/C=C/c3cc(Br)ccc3F)CC2)cn1. The van der Waals surface area contributed by atoms with Crippen LogP contribution in [0.5, 0.6) is 0 Å². The van der Waals surface area contributed by atoms with Gasteiger partial charge in [0.05, 0.1) is 11.9 Å². The molecule has 0 radical (unpaired) electrons. The summed E-state index contributed by atoms with van der Waals surface area (Å²) in [7, 11) is 0. The number of benzene rings is 1. The first kappa shape index (κ1) is 20.3. The zero-order chi connectivity index (χ0) is 20.1. The van der Waals surface area contributed by atoms with Crippen LogP contribution in [0.2, 0.25) is 0 Å². The van der Waals surface area contributed by atoms with Gasteiger partial charge in [0.15, 0.2) is 0 Å². The van der Waals surface area contributed by atoms with E-state index in [1.54, 1.807) is 34.1 Å². The van der Waals surface area contributed by atoms with Gasteiger partial charge in [-0.3, -0.25) is 14.3 Å². The highest BCUT2D eigenvalue weighted by Gasteiger charge is 2.26. The first-order valence-corrected chi connectivity index (χ1v) is 10.0. The summed E-state index contributed by atoms with van der Waals surface area (Å²) >= 11 is 3.29. The fourth-order valence-electron chi connectivity index (χ4n) is 3.12. The van der Waals surface area contributed by atoms with Crippen LogP contribution < -0.4 is 5.32 Å². The number of carbonyl (C=O) groups is 2. The zero-order valence-corrected chi connectivity index (χ0v) is 17.2. The lowest BCUT2D eigenvalue weighted by atomic mass is 9.95. The molecule has 1 aliphatic rings. The Balaban J connectivity index is 1.51. The molecule has 148 valence electrons. The molecule has 2 amide bonds. The van der Waals surface area contributed by atoms with Crippen LogP contribution in [0.15, 0.2) is 41.1 Å². The maximum absolute atomic E-state index is 13.8. The number of anilines is 1. The van der Waals surface area contributed by atoms with Crippen molar-refractivity contribution in [2.24, 2.45) is 5.92 Å². The molecule has 1 fully saturated rings. The highest BCUT2D eigenvalue weighted by molar-refractivity contribution is 9.10. The molecule has 2 aromatic rings. The van der Waals surface area contributed by atoms with Gasteiger partial charge in [-0.1, -0.05) is 15.9 Å². The molecule has 1 aliphatic heterocycles. The van der Waals surface area contributed by atoms with Crippen molar-refractivity contribution in [2.75, 3.05) is 18.4 Å². The molecule has 1 aromatic carbocycles. The van der Waals surface area contributed by atoms with E-state index in [-0.39, 0.29) is 23.5 Å². The number of aryl methyl sites for hydroxylation is 1. The van der Waals surface area contributed by atoms with Crippen molar-refractivity contribution in [1.82, 2.24) is 14.7 Å². The van der Waals surface area contributed by atoms with E-state index in [1.165, 1.54) is 18.2 Å². The average Bonchev–Trinajstić information content (AvgIpc) is 3.16. The van der Waals surface area contributed by atoms with Crippen molar-refractivity contribution in [3.05, 3.63) is 52.5 Å². The summed E-state index contributed by atoms with van der Waals surface area (Å²) in [6.07, 6.45) is 7.47. The Labute approximate surface area is 171 Å². The van der Waals surface area contributed by atoms with Crippen LogP contribution in [0, 0.1) is 11.7 Å². The van der Waals surface area contributed by atoms with E-state index in [4.69, 9.17) is 0 Å².